The number of hydrogen-bond donors (Lipinski definition) is 1. The minimum atomic E-state index is -0.355. The monoisotopic (exact) mass is 387 g/mol. The van der Waals surface area contributed by atoms with Crippen LogP contribution < -0.4 is 10.1 Å². The van der Waals surface area contributed by atoms with Crippen molar-refractivity contribution in [2.45, 2.75) is 6.92 Å². The standard InChI is InChI=1S/C21H26FN3O3/c1-16-7-9-18(10-8-16)23-20(26)14-25(3)21(27)15-24(2)11-12-28-19-6-4-5-17(22)13-19/h4-10,13H,11-12,14-15H2,1-3H3,(H,23,26). The molecule has 6 nitrogen and oxygen atoms in total. The molecule has 2 rings (SSSR count). The van der Waals surface area contributed by atoms with Gasteiger partial charge in [-0.05, 0) is 38.2 Å². The van der Waals surface area contributed by atoms with Crippen LogP contribution in [0.1, 0.15) is 5.56 Å². The van der Waals surface area contributed by atoms with E-state index in [-0.39, 0.29) is 30.7 Å². The lowest BCUT2D eigenvalue weighted by Gasteiger charge is -2.21. The molecule has 0 saturated carbocycles. The van der Waals surface area contributed by atoms with Crippen molar-refractivity contribution in [3.05, 3.63) is 59.9 Å². The summed E-state index contributed by atoms with van der Waals surface area (Å²) in [6, 6.07) is 13.4. The minimum absolute atomic E-state index is 0.0274. The number of nitrogens with one attached hydrogen (secondary N) is 1. The van der Waals surface area contributed by atoms with Gasteiger partial charge in [-0.25, -0.2) is 4.39 Å². The lowest BCUT2D eigenvalue weighted by atomic mass is 10.2. The molecule has 1 N–H and O–H groups in total. The molecule has 7 heteroatoms. The number of nitrogens with zero attached hydrogens (tertiary/aromatic N) is 2. The van der Waals surface area contributed by atoms with E-state index >= 15 is 0 Å². The molecule has 0 radical (unpaired) electrons. The number of carbonyl (C=O) groups excluding carboxylic acids is 2. The number of amides is 2. The highest BCUT2D eigenvalue weighted by atomic mass is 19.1. The first-order valence-electron chi connectivity index (χ1n) is 9.01. The van der Waals surface area contributed by atoms with Crippen molar-refractivity contribution in [1.82, 2.24) is 9.80 Å². The van der Waals surface area contributed by atoms with Crippen molar-refractivity contribution in [2.24, 2.45) is 0 Å². The van der Waals surface area contributed by atoms with Crippen LogP contribution in [0.25, 0.3) is 0 Å². The highest BCUT2D eigenvalue weighted by Gasteiger charge is 2.15. The van der Waals surface area contributed by atoms with Crippen LogP contribution in [0.5, 0.6) is 5.75 Å². The zero-order valence-electron chi connectivity index (χ0n) is 16.4. The smallest absolute Gasteiger partial charge is 0.243 e. The van der Waals surface area contributed by atoms with E-state index < -0.39 is 0 Å². The van der Waals surface area contributed by atoms with Gasteiger partial charge in [-0.1, -0.05) is 23.8 Å². The maximum absolute atomic E-state index is 13.1. The summed E-state index contributed by atoms with van der Waals surface area (Å²) in [6.45, 7) is 2.91. The molecule has 2 amide bonds. The molecule has 0 aliphatic carbocycles. The molecule has 2 aromatic carbocycles. The van der Waals surface area contributed by atoms with E-state index in [9.17, 15) is 14.0 Å². The van der Waals surface area contributed by atoms with Crippen LogP contribution in [0, 0.1) is 12.7 Å². The molecule has 0 fully saturated rings. The van der Waals surface area contributed by atoms with Crippen molar-refractivity contribution in [3.8, 4) is 5.75 Å². The summed E-state index contributed by atoms with van der Waals surface area (Å²) >= 11 is 0. The summed E-state index contributed by atoms with van der Waals surface area (Å²) in [5.41, 5.74) is 1.80. The van der Waals surface area contributed by atoms with Crippen LogP contribution in [0.3, 0.4) is 0 Å². The molecule has 150 valence electrons. The first-order chi connectivity index (χ1) is 13.3. The Balaban J connectivity index is 1.70. The predicted octanol–water partition coefficient (Wildman–Crippen LogP) is 2.54. The van der Waals surface area contributed by atoms with Gasteiger partial charge in [-0.15, -0.1) is 0 Å². The summed E-state index contributed by atoms with van der Waals surface area (Å²) in [7, 11) is 3.38. The molecule has 28 heavy (non-hydrogen) atoms. The third-order valence-electron chi connectivity index (χ3n) is 4.08. The number of rotatable bonds is 9. The van der Waals surface area contributed by atoms with E-state index in [0.29, 0.717) is 24.6 Å². The number of likely N-dealkylation sites (N-methyl/N-ethyl adjacent to an activating group) is 2. The van der Waals surface area contributed by atoms with Crippen LogP contribution in [-0.4, -0.2) is 62.0 Å². The number of halogens is 1. The Morgan fingerprint density at radius 3 is 2.46 bits per heavy atom. The van der Waals surface area contributed by atoms with E-state index in [1.807, 2.05) is 31.2 Å². The lowest BCUT2D eigenvalue weighted by Crippen LogP contribution is -2.41. The fraction of sp³-hybridized carbons (Fsp3) is 0.333. The normalized spacial score (nSPS) is 10.6. The number of aryl methyl sites for hydroxylation is 1. The quantitative estimate of drug-likeness (QED) is 0.718. The Hall–Kier alpha value is -2.93. The van der Waals surface area contributed by atoms with E-state index in [1.165, 1.54) is 17.0 Å². The molecular weight excluding hydrogens is 361 g/mol. The van der Waals surface area contributed by atoms with Gasteiger partial charge in [0.05, 0.1) is 13.1 Å². The average molecular weight is 387 g/mol. The van der Waals surface area contributed by atoms with E-state index in [0.717, 1.165) is 5.56 Å². The number of carbonyl (C=O) groups is 2. The van der Waals surface area contributed by atoms with Crippen molar-refractivity contribution in [2.75, 3.05) is 45.7 Å². The van der Waals surface area contributed by atoms with Gasteiger partial charge in [-0.3, -0.25) is 14.5 Å². The highest BCUT2D eigenvalue weighted by molar-refractivity contribution is 5.94. The Bertz CT molecular complexity index is 796. The zero-order valence-corrected chi connectivity index (χ0v) is 16.4. The fourth-order valence-electron chi connectivity index (χ4n) is 2.45. The van der Waals surface area contributed by atoms with Crippen molar-refractivity contribution in [1.29, 1.82) is 0 Å². The zero-order chi connectivity index (χ0) is 20.5. The van der Waals surface area contributed by atoms with Gasteiger partial charge in [0.1, 0.15) is 18.2 Å². The van der Waals surface area contributed by atoms with Gasteiger partial charge >= 0.3 is 0 Å². The third-order valence-corrected chi connectivity index (χ3v) is 4.08. The first-order valence-corrected chi connectivity index (χ1v) is 9.01. The Morgan fingerprint density at radius 1 is 1.07 bits per heavy atom. The van der Waals surface area contributed by atoms with Crippen LogP contribution in [0.15, 0.2) is 48.5 Å². The molecule has 0 unspecified atom stereocenters. The molecule has 0 saturated heterocycles. The number of hydrogen-bond acceptors (Lipinski definition) is 4. The van der Waals surface area contributed by atoms with Gasteiger partial charge in [0.2, 0.25) is 11.8 Å². The van der Waals surface area contributed by atoms with Crippen LogP contribution in [-0.2, 0) is 9.59 Å². The van der Waals surface area contributed by atoms with Crippen LogP contribution >= 0.6 is 0 Å². The van der Waals surface area contributed by atoms with Crippen LogP contribution in [0.2, 0.25) is 0 Å². The highest BCUT2D eigenvalue weighted by Crippen LogP contribution is 2.11. The Labute approximate surface area is 164 Å². The molecule has 0 aliphatic rings. The summed E-state index contributed by atoms with van der Waals surface area (Å²) in [5, 5.41) is 2.77. The molecule has 0 bridgehead atoms. The maximum atomic E-state index is 13.1. The maximum Gasteiger partial charge on any atom is 0.243 e. The Kier molecular flexibility index (Phi) is 7.95. The molecule has 0 spiro atoms. The topological polar surface area (TPSA) is 61.9 Å². The van der Waals surface area contributed by atoms with Gasteiger partial charge < -0.3 is 15.0 Å². The molecule has 2 aromatic rings. The van der Waals surface area contributed by atoms with Crippen molar-refractivity contribution < 1.29 is 18.7 Å². The van der Waals surface area contributed by atoms with Gasteiger partial charge in [-0.2, -0.15) is 0 Å². The number of anilines is 1. The third kappa shape index (κ3) is 7.36. The van der Waals surface area contributed by atoms with E-state index in [1.54, 1.807) is 31.1 Å². The molecule has 0 atom stereocenters. The molecular formula is C21H26FN3O3. The number of benzene rings is 2. The second-order valence-electron chi connectivity index (χ2n) is 6.71. The Morgan fingerprint density at radius 2 is 1.79 bits per heavy atom. The average Bonchev–Trinajstić information content (AvgIpc) is 2.63. The first kappa shape index (κ1) is 21.4. The van der Waals surface area contributed by atoms with Crippen molar-refractivity contribution in [3.63, 3.8) is 0 Å². The summed E-state index contributed by atoms with van der Waals surface area (Å²) in [4.78, 5) is 27.5. The fourth-order valence-corrected chi connectivity index (χ4v) is 2.45. The van der Waals surface area contributed by atoms with Gasteiger partial charge in [0.15, 0.2) is 0 Å². The van der Waals surface area contributed by atoms with Crippen molar-refractivity contribution >= 4 is 17.5 Å². The summed E-state index contributed by atoms with van der Waals surface area (Å²) in [6.07, 6.45) is 0. The summed E-state index contributed by atoms with van der Waals surface area (Å²) < 4.78 is 18.6. The summed E-state index contributed by atoms with van der Waals surface area (Å²) in [5.74, 6) is -0.333. The molecule has 0 aliphatic heterocycles. The molecule has 0 aromatic heterocycles. The van der Waals surface area contributed by atoms with E-state index in [4.69, 9.17) is 4.74 Å². The lowest BCUT2D eigenvalue weighted by molar-refractivity contribution is -0.134. The number of ether oxygens (including phenoxy) is 1. The van der Waals surface area contributed by atoms with Gasteiger partial charge in [0, 0.05) is 25.3 Å². The minimum Gasteiger partial charge on any atom is -0.492 e. The van der Waals surface area contributed by atoms with E-state index in [2.05, 4.69) is 5.32 Å². The largest absolute Gasteiger partial charge is 0.492 e. The SMILES string of the molecule is Cc1ccc(NC(=O)CN(C)C(=O)CN(C)CCOc2cccc(F)c2)cc1. The second kappa shape index (κ2) is 10.4. The predicted molar refractivity (Wildman–Crippen MR) is 107 cm³/mol. The molecule has 0 heterocycles. The van der Waals surface area contributed by atoms with Gasteiger partial charge in [0.25, 0.3) is 0 Å². The van der Waals surface area contributed by atoms with Crippen LogP contribution in [0.4, 0.5) is 10.1 Å². The second-order valence-corrected chi connectivity index (χ2v) is 6.71.